The molecule has 2 rings (SSSR count). The molecule has 1 N–H and O–H groups in total. The Hall–Kier alpha value is -2.55. The minimum atomic E-state index is -0.545. The molecule has 0 radical (unpaired) electrons. The molecule has 2 amide bonds. The quantitative estimate of drug-likeness (QED) is 0.904. The van der Waals surface area contributed by atoms with Crippen LogP contribution >= 0.6 is 0 Å². The summed E-state index contributed by atoms with van der Waals surface area (Å²) in [6, 6.07) is 8.50. The Kier molecular flexibility index (Phi) is 5.45. The number of carbonyl (C=O) groups excluding carboxylic acids is 2. The summed E-state index contributed by atoms with van der Waals surface area (Å²) in [5.74, 6) is -0.0878. The van der Waals surface area contributed by atoms with Gasteiger partial charge in [0.05, 0.1) is 11.6 Å². The number of piperidine rings is 1. The van der Waals surface area contributed by atoms with E-state index in [2.05, 4.69) is 5.32 Å². The lowest BCUT2D eigenvalue weighted by Crippen LogP contribution is -2.50. The summed E-state index contributed by atoms with van der Waals surface area (Å²) in [5.41, 5.74) is 0.526. The van der Waals surface area contributed by atoms with Gasteiger partial charge in [0.2, 0.25) is 0 Å². The molecule has 0 bridgehead atoms. The molecule has 0 aromatic heterocycles. The van der Waals surface area contributed by atoms with Gasteiger partial charge in [0.15, 0.2) is 0 Å². The third kappa shape index (κ3) is 4.98. The van der Waals surface area contributed by atoms with Gasteiger partial charge in [-0.3, -0.25) is 4.79 Å². The highest BCUT2D eigenvalue weighted by atomic mass is 16.6. The van der Waals surface area contributed by atoms with Crippen LogP contribution in [0.1, 0.15) is 49.5 Å². The van der Waals surface area contributed by atoms with Crippen molar-refractivity contribution in [3.8, 4) is 6.07 Å². The summed E-state index contributed by atoms with van der Waals surface area (Å²) in [7, 11) is 0. The lowest BCUT2D eigenvalue weighted by molar-refractivity contribution is 0.0452. The lowest BCUT2D eigenvalue weighted by atomic mass is 10.0. The number of benzene rings is 1. The number of alkyl carbamates (subject to hydrolysis) is 1. The molecule has 0 saturated carbocycles. The van der Waals surface area contributed by atoms with E-state index in [1.807, 2.05) is 26.8 Å². The first kappa shape index (κ1) is 17.8. The molecule has 0 spiro atoms. The molecular formula is C18H23N3O3. The molecule has 1 aliphatic heterocycles. The molecule has 24 heavy (non-hydrogen) atoms. The van der Waals surface area contributed by atoms with Gasteiger partial charge in [0.1, 0.15) is 5.60 Å². The molecule has 1 fully saturated rings. The average molecular weight is 329 g/mol. The van der Waals surface area contributed by atoms with Gasteiger partial charge < -0.3 is 15.0 Å². The predicted octanol–water partition coefficient (Wildman–Crippen LogP) is 2.69. The molecule has 0 unspecified atom stereocenters. The number of hydrogen-bond donors (Lipinski definition) is 1. The first-order chi connectivity index (χ1) is 11.3. The third-order valence-corrected chi connectivity index (χ3v) is 3.69. The van der Waals surface area contributed by atoms with Crippen LogP contribution in [-0.4, -0.2) is 41.6 Å². The highest BCUT2D eigenvalue weighted by Gasteiger charge is 2.27. The molecule has 6 nitrogen and oxygen atoms in total. The van der Waals surface area contributed by atoms with Gasteiger partial charge in [-0.1, -0.05) is 0 Å². The normalized spacial score (nSPS) is 17.8. The second kappa shape index (κ2) is 7.35. The SMILES string of the molecule is CC(C)(C)OC(=O)N[C@@H]1CCCN(C(=O)c2ccc(C#N)cc2)C1. The molecule has 6 heteroatoms. The largest absolute Gasteiger partial charge is 0.444 e. The molecule has 128 valence electrons. The molecule has 1 aromatic rings. The van der Waals surface area contributed by atoms with E-state index in [1.54, 1.807) is 29.2 Å². The minimum absolute atomic E-state index is 0.0878. The van der Waals surface area contributed by atoms with Gasteiger partial charge in [0, 0.05) is 24.7 Å². The zero-order chi connectivity index (χ0) is 17.7. The number of nitrogens with one attached hydrogen (secondary N) is 1. The van der Waals surface area contributed by atoms with E-state index in [0.29, 0.717) is 24.2 Å². The van der Waals surface area contributed by atoms with Gasteiger partial charge >= 0.3 is 6.09 Å². The van der Waals surface area contributed by atoms with Crippen molar-refractivity contribution in [3.63, 3.8) is 0 Å². The topological polar surface area (TPSA) is 82.4 Å². The van der Waals surface area contributed by atoms with Crippen molar-refractivity contribution in [1.29, 1.82) is 5.26 Å². The van der Waals surface area contributed by atoms with Crippen molar-refractivity contribution < 1.29 is 14.3 Å². The zero-order valence-corrected chi connectivity index (χ0v) is 14.3. The second-order valence-corrected chi connectivity index (χ2v) is 6.93. The molecular weight excluding hydrogens is 306 g/mol. The summed E-state index contributed by atoms with van der Waals surface area (Å²) in [6.45, 7) is 6.56. The summed E-state index contributed by atoms with van der Waals surface area (Å²) in [6.07, 6.45) is 1.18. The fourth-order valence-electron chi connectivity index (χ4n) is 2.62. The molecule has 0 aliphatic carbocycles. The zero-order valence-electron chi connectivity index (χ0n) is 14.3. The van der Waals surface area contributed by atoms with Gasteiger partial charge in [-0.25, -0.2) is 4.79 Å². The van der Waals surface area contributed by atoms with Crippen LogP contribution in [-0.2, 0) is 4.74 Å². The van der Waals surface area contributed by atoms with E-state index in [4.69, 9.17) is 10.00 Å². The maximum absolute atomic E-state index is 12.6. The first-order valence-electron chi connectivity index (χ1n) is 8.07. The highest BCUT2D eigenvalue weighted by Crippen LogP contribution is 2.15. The first-order valence-corrected chi connectivity index (χ1v) is 8.07. The Morgan fingerprint density at radius 1 is 1.29 bits per heavy atom. The van der Waals surface area contributed by atoms with Gasteiger partial charge in [0.25, 0.3) is 5.91 Å². The number of hydrogen-bond acceptors (Lipinski definition) is 4. The molecule has 1 atom stereocenters. The number of likely N-dealkylation sites (tertiary alicyclic amines) is 1. The molecule has 1 saturated heterocycles. The van der Waals surface area contributed by atoms with Crippen LogP contribution in [0.4, 0.5) is 4.79 Å². The van der Waals surface area contributed by atoms with E-state index >= 15 is 0 Å². The van der Waals surface area contributed by atoms with Crippen molar-refractivity contribution in [2.45, 2.75) is 45.3 Å². The van der Waals surface area contributed by atoms with Crippen LogP contribution in [0.2, 0.25) is 0 Å². The smallest absolute Gasteiger partial charge is 0.407 e. The number of carbonyl (C=O) groups is 2. The van der Waals surface area contributed by atoms with E-state index in [1.165, 1.54) is 0 Å². The van der Waals surface area contributed by atoms with Crippen LogP contribution < -0.4 is 5.32 Å². The van der Waals surface area contributed by atoms with Crippen LogP contribution in [0.3, 0.4) is 0 Å². The Morgan fingerprint density at radius 3 is 2.54 bits per heavy atom. The monoisotopic (exact) mass is 329 g/mol. The van der Waals surface area contributed by atoms with Crippen molar-refractivity contribution >= 4 is 12.0 Å². The van der Waals surface area contributed by atoms with Gasteiger partial charge in [-0.2, -0.15) is 5.26 Å². The fraction of sp³-hybridized carbons (Fsp3) is 0.500. The van der Waals surface area contributed by atoms with E-state index in [0.717, 1.165) is 12.8 Å². The number of ether oxygens (including phenoxy) is 1. The Labute approximate surface area is 142 Å². The number of nitriles is 1. The number of amides is 2. The molecule has 1 aromatic carbocycles. The van der Waals surface area contributed by atoms with Crippen molar-refractivity contribution in [2.75, 3.05) is 13.1 Å². The Morgan fingerprint density at radius 2 is 1.96 bits per heavy atom. The maximum Gasteiger partial charge on any atom is 0.407 e. The van der Waals surface area contributed by atoms with Crippen molar-refractivity contribution in [3.05, 3.63) is 35.4 Å². The van der Waals surface area contributed by atoms with Crippen LogP contribution in [0, 0.1) is 11.3 Å². The maximum atomic E-state index is 12.6. The van der Waals surface area contributed by atoms with Gasteiger partial charge in [-0.05, 0) is 57.9 Å². The van der Waals surface area contributed by atoms with E-state index < -0.39 is 11.7 Å². The molecule has 1 heterocycles. The van der Waals surface area contributed by atoms with E-state index in [-0.39, 0.29) is 11.9 Å². The summed E-state index contributed by atoms with van der Waals surface area (Å²) >= 11 is 0. The fourth-order valence-corrected chi connectivity index (χ4v) is 2.62. The van der Waals surface area contributed by atoms with E-state index in [9.17, 15) is 9.59 Å². The standard InChI is InChI=1S/C18H23N3O3/c1-18(2,3)24-17(23)20-15-5-4-10-21(12-15)16(22)14-8-6-13(11-19)7-9-14/h6-9,15H,4-5,10,12H2,1-3H3,(H,20,23)/t15-/m1/s1. The molecule has 1 aliphatic rings. The highest BCUT2D eigenvalue weighted by molar-refractivity contribution is 5.94. The summed E-state index contributed by atoms with van der Waals surface area (Å²) in [4.78, 5) is 26.2. The predicted molar refractivity (Wildman–Crippen MR) is 89.5 cm³/mol. The minimum Gasteiger partial charge on any atom is -0.444 e. The summed E-state index contributed by atoms with van der Waals surface area (Å²) in [5, 5.41) is 11.6. The van der Waals surface area contributed by atoms with Crippen molar-refractivity contribution in [1.82, 2.24) is 10.2 Å². The lowest BCUT2D eigenvalue weighted by Gasteiger charge is -2.33. The van der Waals surface area contributed by atoms with Crippen LogP contribution in [0.25, 0.3) is 0 Å². The summed E-state index contributed by atoms with van der Waals surface area (Å²) < 4.78 is 5.26. The third-order valence-electron chi connectivity index (χ3n) is 3.69. The Balaban J connectivity index is 1.95. The average Bonchev–Trinajstić information content (AvgIpc) is 2.52. The number of rotatable bonds is 2. The second-order valence-electron chi connectivity index (χ2n) is 6.93. The van der Waals surface area contributed by atoms with Crippen LogP contribution in [0.5, 0.6) is 0 Å². The number of nitrogens with zero attached hydrogens (tertiary/aromatic N) is 2. The van der Waals surface area contributed by atoms with Crippen molar-refractivity contribution in [2.24, 2.45) is 0 Å². The van der Waals surface area contributed by atoms with Gasteiger partial charge in [-0.15, -0.1) is 0 Å². The van der Waals surface area contributed by atoms with Crippen LogP contribution in [0.15, 0.2) is 24.3 Å². The Bertz CT molecular complexity index is 641.